The minimum Gasteiger partial charge on any atom is -0.469 e. The second-order valence-electron chi connectivity index (χ2n) is 6.47. The van der Waals surface area contributed by atoms with Gasteiger partial charge >= 0.3 is 0 Å². The topological polar surface area (TPSA) is 88.6 Å². The predicted molar refractivity (Wildman–Crippen MR) is 92.7 cm³/mol. The molecular weight excluding hydrogens is 306 g/mol. The number of furan rings is 1. The van der Waals surface area contributed by atoms with Crippen molar-refractivity contribution in [2.75, 3.05) is 19.6 Å². The summed E-state index contributed by atoms with van der Waals surface area (Å²) in [4.78, 5) is 26.3. The van der Waals surface area contributed by atoms with E-state index in [1.165, 1.54) is 6.26 Å². The Hall–Kier alpha value is -1.82. The molecule has 0 bridgehead atoms. The van der Waals surface area contributed by atoms with Gasteiger partial charge in [-0.25, -0.2) is 0 Å². The number of hydrogen-bond donors (Lipinski definition) is 2. The highest BCUT2D eigenvalue weighted by Crippen LogP contribution is 2.15. The van der Waals surface area contributed by atoms with Gasteiger partial charge in [0.05, 0.1) is 11.8 Å². The third-order valence-electron chi connectivity index (χ3n) is 4.63. The van der Waals surface area contributed by atoms with E-state index in [2.05, 4.69) is 5.32 Å². The van der Waals surface area contributed by atoms with Crippen LogP contribution in [0, 0.1) is 6.92 Å². The minimum atomic E-state index is -0.0917. The minimum absolute atomic E-state index is 0.0917. The Balaban J connectivity index is 1.66. The van der Waals surface area contributed by atoms with E-state index in [-0.39, 0.29) is 17.9 Å². The molecule has 24 heavy (non-hydrogen) atoms. The van der Waals surface area contributed by atoms with Gasteiger partial charge in [0.15, 0.2) is 0 Å². The van der Waals surface area contributed by atoms with Crippen LogP contribution in [-0.2, 0) is 4.79 Å². The zero-order valence-electron chi connectivity index (χ0n) is 14.6. The van der Waals surface area contributed by atoms with Gasteiger partial charge < -0.3 is 20.4 Å². The number of aryl methyl sites for hydroxylation is 1. The lowest BCUT2D eigenvalue weighted by Gasteiger charge is -2.32. The number of hydrogen-bond acceptors (Lipinski definition) is 4. The molecule has 0 saturated carbocycles. The Morgan fingerprint density at radius 3 is 2.58 bits per heavy atom. The van der Waals surface area contributed by atoms with Crippen LogP contribution in [0.2, 0.25) is 0 Å². The molecule has 0 spiro atoms. The highest BCUT2D eigenvalue weighted by Gasteiger charge is 2.24. The molecule has 1 aromatic heterocycles. The molecular formula is C18H29N3O3. The summed E-state index contributed by atoms with van der Waals surface area (Å²) >= 11 is 0. The van der Waals surface area contributed by atoms with Gasteiger partial charge in [-0.2, -0.15) is 0 Å². The summed E-state index contributed by atoms with van der Waals surface area (Å²) in [7, 11) is 0. The Morgan fingerprint density at radius 2 is 1.96 bits per heavy atom. The molecule has 6 heteroatoms. The van der Waals surface area contributed by atoms with Crippen LogP contribution < -0.4 is 11.1 Å². The van der Waals surface area contributed by atoms with Crippen molar-refractivity contribution in [3.63, 3.8) is 0 Å². The Bertz CT molecular complexity index is 533. The van der Waals surface area contributed by atoms with Crippen LogP contribution in [0.4, 0.5) is 0 Å². The van der Waals surface area contributed by atoms with E-state index in [1.807, 2.05) is 4.90 Å². The number of carbonyl (C=O) groups is 2. The standard InChI is InChI=1S/C18H29N3O3/c1-14-16(9-13-24-14)18(23)20-15-7-11-21(12-8-15)17(22)6-4-2-3-5-10-19/h9,13,15H,2-8,10-12,19H2,1H3,(H,20,23). The van der Waals surface area contributed by atoms with Gasteiger partial charge in [0.25, 0.3) is 5.91 Å². The van der Waals surface area contributed by atoms with E-state index in [0.29, 0.717) is 17.7 Å². The molecule has 0 aromatic carbocycles. The molecule has 2 amide bonds. The molecule has 2 heterocycles. The van der Waals surface area contributed by atoms with Crippen molar-refractivity contribution in [1.29, 1.82) is 0 Å². The first-order valence-electron chi connectivity index (χ1n) is 8.94. The van der Waals surface area contributed by atoms with E-state index in [4.69, 9.17) is 10.2 Å². The second-order valence-corrected chi connectivity index (χ2v) is 6.47. The van der Waals surface area contributed by atoms with E-state index >= 15 is 0 Å². The molecule has 1 aromatic rings. The number of nitrogens with two attached hydrogens (primary N) is 1. The fourth-order valence-corrected chi connectivity index (χ4v) is 3.09. The average molecular weight is 335 g/mol. The molecule has 1 aliphatic rings. The fraction of sp³-hybridized carbons (Fsp3) is 0.667. The normalized spacial score (nSPS) is 15.5. The van der Waals surface area contributed by atoms with Crippen LogP contribution in [-0.4, -0.2) is 42.4 Å². The van der Waals surface area contributed by atoms with Gasteiger partial charge in [-0.05, 0) is 45.2 Å². The summed E-state index contributed by atoms with van der Waals surface area (Å²) in [6.45, 7) is 3.95. The number of carbonyl (C=O) groups excluding carboxylic acids is 2. The summed E-state index contributed by atoms with van der Waals surface area (Å²) in [5, 5.41) is 3.04. The second kappa shape index (κ2) is 9.47. The van der Waals surface area contributed by atoms with Crippen LogP contribution in [0.1, 0.15) is 61.1 Å². The monoisotopic (exact) mass is 335 g/mol. The molecule has 2 rings (SSSR count). The Morgan fingerprint density at radius 1 is 1.25 bits per heavy atom. The number of likely N-dealkylation sites (tertiary alicyclic amines) is 1. The number of rotatable bonds is 8. The Labute approximate surface area is 143 Å². The highest BCUT2D eigenvalue weighted by molar-refractivity contribution is 5.95. The quantitative estimate of drug-likeness (QED) is 0.713. The molecule has 0 atom stereocenters. The highest BCUT2D eigenvalue weighted by atomic mass is 16.3. The van der Waals surface area contributed by atoms with Crippen molar-refractivity contribution < 1.29 is 14.0 Å². The smallest absolute Gasteiger partial charge is 0.255 e. The van der Waals surface area contributed by atoms with E-state index in [0.717, 1.165) is 58.2 Å². The zero-order chi connectivity index (χ0) is 17.4. The predicted octanol–water partition coefficient (Wildman–Crippen LogP) is 2.22. The summed E-state index contributed by atoms with van der Waals surface area (Å²) in [5.74, 6) is 0.777. The van der Waals surface area contributed by atoms with Crippen molar-refractivity contribution in [3.05, 3.63) is 23.7 Å². The Kier molecular flexibility index (Phi) is 7.31. The van der Waals surface area contributed by atoms with E-state index in [9.17, 15) is 9.59 Å². The first-order chi connectivity index (χ1) is 11.6. The third kappa shape index (κ3) is 5.37. The van der Waals surface area contributed by atoms with Gasteiger partial charge in [-0.1, -0.05) is 12.8 Å². The molecule has 0 unspecified atom stereocenters. The lowest BCUT2D eigenvalue weighted by atomic mass is 10.0. The SMILES string of the molecule is Cc1occc1C(=O)NC1CCN(C(=O)CCCCCCN)CC1. The number of unbranched alkanes of at least 4 members (excludes halogenated alkanes) is 3. The summed E-state index contributed by atoms with van der Waals surface area (Å²) in [6.07, 6.45) is 7.91. The lowest BCUT2D eigenvalue weighted by molar-refractivity contribution is -0.132. The van der Waals surface area contributed by atoms with Crippen molar-refractivity contribution in [2.24, 2.45) is 5.73 Å². The fourth-order valence-electron chi connectivity index (χ4n) is 3.09. The van der Waals surface area contributed by atoms with Crippen molar-refractivity contribution in [1.82, 2.24) is 10.2 Å². The molecule has 1 fully saturated rings. The van der Waals surface area contributed by atoms with Crippen LogP contribution in [0.25, 0.3) is 0 Å². The van der Waals surface area contributed by atoms with Crippen LogP contribution in [0.15, 0.2) is 16.7 Å². The molecule has 0 radical (unpaired) electrons. The van der Waals surface area contributed by atoms with Gasteiger partial charge in [0, 0.05) is 25.6 Å². The first-order valence-corrected chi connectivity index (χ1v) is 8.94. The van der Waals surface area contributed by atoms with Gasteiger partial charge in [0.1, 0.15) is 5.76 Å². The van der Waals surface area contributed by atoms with Crippen LogP contribution in [0.5, 0.6) is 0 Å². The summed E-state index contributed by atoms with van der Waals surface area (Å²) in [5.41, 5.74) is 6.05. The lowest BCUT2D eigenvalue weighted by Crippen LogP contribution is -2.46. The van der Waals surface area contributed by atoms with Crippen molar-refractivity contribution in [2.45, 2.75) is 57.9 Å². The summed E-state index contributed by atoms with van der Waals surface area (Å²) in [6, 6.07) is 1.81. The largest absolute Gasteiger partial charge is 0.469 e. The van der Waals surface area contributed by atoms with Crippen LogP contribution in [0.3, 0.4) is 0 Å². The summed E-state index contributed by atoms with van der Waals surface area (Å²) < 4.78 is 5.16. The number of nitrogens with one attached hydrogen (secondary N) is 1. The molecule has 1 saturated heterocycles. The average Bonchev–Trinajstić information content (AvgIpc) is 3.01. The number of piperidine rings is 1. The van der Waals surface area contributed by atoms with Gasteiger partial charge in [-0.3, -0.25) is 9.59 Å². The molecule has 1 aliphatic heterocycles. The van der Waals surface area contributed by atoms with E-state index in [1.54, 1.807) is 13.0 Å². The maximum absolute atomic E-state index is 12.2. The number of nitrogens with zero attached hydrogens (tertiary/aromatic N) is 1. The first kappa shape index (κ1) is 18.5. The maximum Gasteiger partial charge on any atom is 0.255 e. The van der Waals surface area contributed by atoms with Crippen LogP contribution >= 0.6 is 0 Å². The molecule has 0 aliphatic carbocycles. The zero-order valence-corrected chi connectivity index (χ0v) is 14.6. The molecule has 6 nitrogen and oxygen atoms in total. The molecule has 134 valence electrons. The van der Waals surface area contributed by atoms with E-state index < -0.39 is 0 Å². The maximum atomic E-state index is 12.2. The molecule has 3 N–H and O–H groups in total. The van der Waals surface area contributed by atoms with Crippen molar-refractivity contribution in [3.8, 4) is 0 Å². The van der Waals surface area contributed by atoms with Gasteiger partial charge in [0.2, 0.25) is 5.91 Å². The van der Waals surface area contributed by atoms with Gasteiger partial charge in [-0.15, -0.1) is 0 Å². The van der Waals surface area contributed by atoms with Crippen molar-refractivity contribution >= 4 is 11.8 Å². The number of amides is 2. The third-order valence-corrected chi connectivity index (χ3v) is 4.63.